The van der Waals surface area contributed by atoms with Gasteiger partial charge in [0.15, 0.2) is 0 Å². The summed E-state index contributed by atoms with van der Waals surface area (Å²) in [5.74, 6) is 1.41. The molecule has 0 fully saturated rings. The van der Waals surface area contributed by atoms with Gasteiger partial charge < -0.3 is 10.1 Å². The number of rotatable bonds is 5. The van der Waals surface area contributed by atoms with Crippen LogP contribution in [0.4, 0.5) is 5.82 Å². The van der Waals surface area contributed by atoms with Crippen molar-refractivity contribution in [1.82, 2.24) is 4.98 Å². The summed E-state index contributed by atoms with van der Waals surface area (Å²) in [6.45, 7) is 0.359. The Labute approximate surface area is 89.4 Å². The molecule has 1 N–H and O–H groups in total. The zero-order valence-corrected chi connectivity index (χ0v) is 9.54. The number of hydrogen-bond acceptors (Lipinski definition) is 5. The standard InChI is InChI=1S/C9H14N2O3S/c1-14-8-3-4-9(11-7-8)10-5-6-15(2,12)13/h3-4,7H,5-6H2,1-2H3,(H,10,11). The SMILES string of the molecule is COc1ccc(NCCS(C)(=O)=O)nc1. The molecule has 1 rings (SSSR count). The fraction of sp³-hybridized carbons (Fsp3) is 0.444. The third-order valence-electron chi connectivity index (χ3n) is 1.75. The molecule has 1 heterocycles. The number of pyridine rings is 1. The average molecular weight is 230 g/mol. The lowest BCUT2D eigenvalue weighted by Gasteiger charge is -2.05. The predicted octanol–water partition coefficient (Wildman–Crippen LogP) is 0.547. The highest BCUT2D eigenvalue weighted by Crippen LogP contribution is 2.10. The number of nitrogens with zero attached hydrogens (tertiary/aromatic N) is 1. The number of anilines is 1. The average Bonchev–Trinajstić information content (AvgIpc) is 2.17. The maximum Gasteiger partial charge on any atom is 0.149 e. The summed E-state index contributed by atoms with van der Waals surface area (Å²) in [6, 6.07) is 3.50. The Morgan fingerprint density at radius 3 is 2.67 bits per heavy atom. The van der Waals surface area contributed by atoms with Crippen LogP contribution in [0.2, 0.25) is 0 Å². The Kier molecular flexibility index (Phi) is 3.90. The van der Waals surface area contributed by atoms with E-state index >= 15 is 0 Å². The molecule has 0 atom stereocenters. The van der Waals surface area contributed by atoms with E-state index in [4.69, 9.17) is 4.74 Å². The molecule has 0 unspecified atom stereocenters. The molecule has 0 saturated heterocycles. The maximum atomic E-state index is 10.8. The third-order valence-corrected chi connectivity index (χ3v) is 2.70. The Morgan fingerprint density at radius 1 is 1.47 bits per heavy atom. The highest BCUT2D eigenvalue weighted by atomic mass is 32.2. The molecule has 0 spiro atoms. The summed E-state index contributed by atoms with van der Waals surface area (Å²) in [6.07, 6.45) is 2.78. The molecule has 0 aliphatic carbocycles. The number of aromatic nitrogens is 1. The molecule has 0 saturated carbocycles. The van der Waals surface area contributed by atoms with Crippen LogP contribution in [0.25, 0.3) is 0 Å². The summed E-state index contributed by atoms with van der Waals surface area (Å²) in [4.78, 5) is 4.04. The second-order valence-electron chi connectivity index (χ2n) is 3.14. The summed E-state index contributed by atoms with van der Waals surface area (Å²) in [7, 11) is -1.36. The van der Waals surface area contributed by atoms with Gasteiger partial charge in [-0.3, -0.25) is 0 Å². The van der Waals surface area contributed by atoms with Crippen molar-refractivity contribution in [2.24, 2.45) is 0 Å². The fourth-order valence-electron chi connectivity index (χ4n) is 0.970. The summed E-state index contributed by atoms with van der Waals surface area (Å²) in [5, 5.41) is 2.91. The first-order valence-corrected chi connectivity index (χ1v) is 6.49. The van der Waals surface area contributed by atoms with Gasteiger partial charge in [0.2, 0.25) is 0 Å². The van der Waals surface area contributed by atoms with Gasteiger partial charge in [-0.25, -0.2) is 13.4 Å². The Bertz CT molecular complexity index is 400. The van der Waals surface area contributed by atoms with Gasteiger partial charge in [-0.15, -0.1) is 0 Å². The largest absolute Gasteiger partial charge is 0.495 e. The summed E-state index contributed by atoms with van der Waals surface area (Å²) < 4.78 is 26.6. The Hall–Kier alpha value is -1.30. The minimum atomic E-state index is -2.92. The highest BCUT2D eigenvalue weighted by molar-refractivity contribution is 7.90. The molecule has 0 aliphatic rings. The van der Waals surface area contributed by atoms with E-state index in [-0.39, 0.29) is 5.75 Å². The molecule has 5 nitrogen and oxygen atoms in total. The number of sulfone groups is 1. The van der Waals surface area contributed by atoms with Crippen LogP contribution in [0.15, 0.2) is 18.3 Å². The van der Waals surface area contributed by atoms with Crippen LogP contribution in [0, 0.1) is 0 Å². The van der Waals surface area contributed by atoms with Crippen molar-refractivity contribution in [2.75, 3.05) is 31.0 Å². The zero-order valence-electron chi connectivity index (χ0n) is 8.73. The molecule has 1 aromatic rings. The smallest absolute Gasteiger partial charge is 0.149 e. The van der Waals surface area contributed by atoms with E-state index in [1.165, 1.54) is 6.26 Å². The molecule has 6 heteroatoms. The molecular formula is C9H14N2O3S. The van der Waals surface area contributed by atoms with Crippen molar-refractivity contribution in [3.05, 3.63) is 18.3 Å². The summed E-state index contributed by atoms with van der Waals surface area (Å²) in [5.41, 5.74) is 0. The monoisotopic (exact) mass is 230 g/mol. The Morgan fingerprint density at radius 2 is 2.20 bits per heavy atom. The lowest BCUT2D eigenvalue weighted by Crippen LogP contribution is -2.14. The first-order chi connectivity index (χ1) is 7.01. The van der Waals surface area contributed by atoms with Crippen molar-refractivity contribution in [3.8, 4) is 5.75 Å². The lowest BCUT2D eigenvalue weighted by molar-refractivity contribution is 0.413. The van der Waals surface area contributed by atoms with E-state index in [1.807, 2.05) is 0 Å². The van der Waals surface area contributed by atoms with Gasteiger partial charge in [0.05, 0.1) is 19.1 Å². The quantitative estimate of drug-likeness (QED) is 0.800. The number of nitrogens with one attached hydrogen (secondary N) is 1. The van der Waals surface area contributed by atoms with Gasteiger partial charge >= 0.3 is 0 Å². The third kappa shape index (κ3) is 4.64. The van der Waals surface area contributed by atoms with Gasteiger partial charge in [-0.1, -0.05) is 0 Å². The molecule has 0 amide bonds. The fourth-order valence-corrected chi connectivity index (χ4v) is 1.44. The molecule has 0 aliphatic heterocycles. The van der Waals surface area contributed by atoms with Gasteiger partial charge in [-0.2, -0.15) is 0 Å². The van der Waals surface area contributed by atoms with E-state index in [1.54, 1.807) is 25.4 Å². The van der Waals surface area contributed by atoms with Crippen molar-refractivity contribution in [1.29, 1.82) is 0 Å². The van der Waals surface area contributed by atoms with Crippen LogP contribution in [0.3, 0.4) is 0 Å². The van der Waals surface area contributed by atoms with Crippen molar-refractivity contribution >= 4 is 15.7 Å². The number of methoxy groups -OCH3 is 1. The molecule has 0 radical (unpaired) electrons. The van der Waals surface area contributed by atoms with Crippen LogP contribution in [-0.2, 0) is 9.84 Å². The van der Waals surface area contributed by atoms with Gasteiger partial charge in [0.1, 0.15) is 21.4 Å². The minimum Gasteiger partial charge on any atom is -0.495 e. The van der Waals surface area contributed by atoms with Gasteiger partial charge in [0.25, 0.3) is 0 Å². The molecule has 0 aromatic carbocycles. The first-order valence-electron chi connectivity index (χ1n) is 4.43. The predicted molar refractivity (Wildman–Crippen MR) is 59.0 cm³/mol. The lowest BCUT2D eigenvalue weighted by atomic mass is 10.4. The minimum absolute atomic E-state index is 0.0979. The highest BCUT2D eigenvalue weighted by Gasteiger charge is 2.01. The van der Waals surface area contributed by atoms with E-state index in [0.29, 0.717) is 18.1 Å². The maximum absolute atomic E-state index is 10.8. The van der Waals surface area contributed by atoms with Crippen molar-refractivity contribution < 1.29 is 13.2 Å². The number of hydrogen-bond donors (Lipinski definition) is 1. The summed E-state index contributed by atoms with van der Waals surface area (Å²) >= 11 is 0. The van der Waals surface area contributed by atoms with Crippen LogP contribution >= 0.6 is 0 Å². The second-order valence-corrected chi connectivity index (χ2v) is 5.40. The van der Waals surface area contributed by atoms with E-state index in [0.717, 1.165) is 0 Å². The normalized spacial score (nSPS) is 11.1. The number of ether oxygens (including phenoxy) is 1. The van der Waals surface area contributed by atoms with Gasteiger partial charge in [0, 0.05) is 12.8 Å². The zero-order chi connectivity index (χ0) is 11.3. The molecule has 0 bridgehead atoms. The van der Waals surface area contributed by atoms with Crippen molar-refractivity contribution in [3.63, 3.8) is 0 Å². The van der Waals surface area contributed by atoms with E-state index in [2.05, 4.69) is 10.3 Å². The van der Waals surface area contributed by atoms with Crippen LogP contribution in [-0.4, -0.2) is 39.1 Å². The van der Waals surface area contributed by atoms with E-state index in [9.17, 15) is 8.42 Å². The second kappa shape index (κ2) is 4.97. The molecule has 84 valence electrons. The van der Waals surface area contributed by atoms with Crippen LogP contribution in [0.1, 0.15) is 0 Å². The molecule has 1 aromatic heterocycles. The van der Waals surface area contributed by atoms with E-state index < -0.39 is 9.84 Å². The van der Waals surface area contributed by atoms with Crippen molar-refractivity contribution in [2.45, 2.75) is 0 Å². The molecule has 15 heavy (non-hydrogen) atoms. The molecular weight excluding hydrogens is 216 g/mol. The van der Waals surface area contributed by atoms with Crippen LogP contribution < -0.4 is 10.1 Å². The van der Waals surface area contributed by atoms with Crippen LogP contribution in [0.5, 0.6) is 5.75 Å². The first kappa shape index (κ1) is 11.8. The topological polar surface area (TPSA) is 68.3 Å². The van der Waals surface area contributed by atoms with Gasteiger partial charge in [-0.05, 0) is 12.1 Å². The Balaban J connectivity index is 2.45.